The summed E-state index contributed by atoms with van der Waals surface area (Å²) in [5, 5.41) is 3.16. The van der Waals surface area contributed by atoms with E-state index in [2.05, 4.69) is 15.3 Å². The second-order valence-electron chi connectivity index (χ2n) is 3.83. The van der Waals surface area contributed by atoms with Gasteiger partial charge in [0.2, 0.25) is 0 Å². The normalized spacial score (nSPS) is 20.4. The van der Waals surface area contributed by atoms with Gasteiger partial charge >= 0.3 is 0 Å². The van der Waals surface area contributed by atoms with Crippen molar-refractivity contribution in [3.05, 3.63) is 54.5 Å². The van der Waals surface area contributed by atoms with Gasteiger partial charge in [0.05, 0.1) is 0 Å². The van der Waals surface area contributed by atoms with Gasteiger partial charge in [-0.3, -0.25) is 0 Å². The molecule has 0 saturated heterocycles. The fraction of sp³-hybridized carbons (Fsp3) is 0.0769. The molecule has 88 valence electrons. The zero-order valence-electron chi connectivity index (χ0n) is 9.45. The van der Waals surface area contributed by atoms with Crippen LogP contribution >= 0.6 is 0 Å². The topological polar surface area (TPSA) is 57.6 Å². The van der Waals surface area contributed by atoms with E-state index in [0.717, 1.165) is 5.84 Å². The summed E-state index contributed by atoms with van der Waals surface area (Å²) in [6, 6.07) is 5.55. The molecule has 1 aromatic heterocycles. The van der Waals surface area contributed by atoms with Crippen molar-refractivity contribution in [2.45, 2.75) is 6.17 Å². The first-order valence-corrected chi connectivity index (χ1v) is 5.53. The van der Waals surface area contributed by atoms with Gasteiger partial charge < -0.3 is 10.2 Å². The van der Waals surface area contributed by atoms with E-state index < -0.39 is 0 Å². The Hall–Kier alpha value is -2.65. The quantitative estimate of drug-likeness (QED) is 0.790. The van der Waals surface area contributed by atoms with Crippen LogP contribution in [0.1, 0.15) is 0 Å². The second-order valence-corrected chi connectivity index (χ2v) is 3.83. The summed E-state index contributed by atoms with van der Waals surface area (Å²) >= 11 is 0. The van der Waals surface area contributed by atoms with Crippen molar-refractivity contribution in [1.29, 1.82) is 0 Å². The van der Waals surface area contributed by atoms with Gasteiger partial charge in [-0.2, -0.15) is 0 Å². The standard InChI is InChI=1S/C13H10N4O/c18-9-10-13(16-11-5-1-3-7-14-11)17-8-4-2-6-12(17)15-10/h1-8,13H,(H,14,16). The first-order chi connectivity index (χ1) is 8.88. The Morgan fingerprint density at radius 2 is 2.28 bits per heavy atom. The van der Waals surface area contributed by atoms with Gasteiger partial charge in [-0.25, -0.2) is 14.8 Å². The van der Waals surface area contributed by atoms with Crippen LogP contribution in [0.4, 0.5) is 5.82 Å². The van der Waals surface area contributed by atoms with E-state index in [9.17, 15) is 4.79 Å². The Morgan fingerprint density at radius 1 is 1.33 bits per heavy atom. The summed E-state index contributed by atoms with van der Waals surface area (Å²) in [6.45, 7) is 0. The van der Waals surface area contributed by atoms with E-state index in [4.69, 9.17) is 0 Å². The summed E-state index contributed by atoms with van der Waals surface area (Å²) < 4.78 is 0. The molecule has 1 unspecified atom stereocenters. The molecule has 0 aromatic carbocycles. The molecule has 0 saturated carbocycles. The summed E-state index contributed by atoms with van der Waals surface area (Å²) in [6.07, 6.45) is 8.81. The van der Waals surface area contributed by atoms with Gasteiger partial charge in [-0.05, 0) is 24.3 Å². The van der Waals surface area contributed by atoms with Gasteiger partial charge in [-0.15, -0.1) is 0 Å². The lowest BCUT2D eigenvalue weighted by Crippen LogP contribution is -2.37. The highest BCUT2D eigenvalue weighted by Crippen LogP contribution is 2.23. The number of aliphatic imine (C=N–C) groups is 1. The maximum absolute atomic E-state index is 10.9. The molecular formula is C13H10N4O. The molecule has 5 nitrogen and oxygen atoms in total. The van der Waals surface area contributed by atoms with Crippen LogP contribution in [0.15, 0.2) is 59.5 Å². The van der Waals surface area contributed by atoms with Crippen LogP contribution in [0.25, 0.3) is 0 Å². The number of fused-ring (bicyclic) bond motifs is 1. The minimum absolute atomic E-state index is 0.326. The third kappa shape index (κ3) is 1.73. The van der Waals surface area contributed by atoms with Crippen molar-refractivity contribution < 1.29 is 4.79 Å². The predicted octanol–water partition coefficient (Wildman–Crippen LogP) is 1.33. The molecule has 0 amide bonds. The fourth-order valence-corrected chi connectivity index (χ4v) is 1.88. The number of carbonyl (C=O) groups excluding carboxylic acids is 1. The largest absolute Gasteiger partial charge is 0.344 e. The average Bonchev–Trinajstić information content (AvgIpc) is 2.78. The molecule has 1 atom stereocenters. The summed E-state index contributed by atoms with van der Waals surface area (Å²) in [5.74, 6) is 3.29. The third-order valence-corrected chi connectivity index (χ3v) is 2.69. The van der Waals surface area contributed by atoms with Crippen molar-refractivity contribution in [2.75, 3.05) is 5.32 Å². The molecule has 0 radical (unpaired) electrons. The number of aromatic nitrogens is 1. The highest BCUT2D eigenvalue weighted by atomic mass is 16.1. The lowest BCUT2D eigenvalue weighted by Gasteiger charge is -2.25. The molecule has 18 heavy (non-hydrogen) atoms. The van der Waals surface area contributed by atoms with E-state index in [1.807, 2.05) is 53.5 Å². The van der Waals surface area contributed by atoms with E-state index in [1.54, 1.807) is 6.20 Å². The first kappa shape index (κ1) is 10.5. The Morgan fingerprint density at radius 3 is 3.06 bits per heavy atom. The maximum Gasteiger partial charge on any atom is 0.169 e. The van der Waals surface area contributed by atoms with Gasteiger partial charge in [0.25, 0.3) is 0 Å². The first-order valence-electron chi connectivity index (χ1n) is 5.53. The average molecular weight is 238 g/mol. The van der Waals surface area contributed by atoms with Crippen LogP contribution in [-0.4, -0.2) is 27.8 Å². The Bertz CT molecular complexity index is 597. The van der Waals surface area contributed by atoms with Crippen molar-refractivity contribution >= 4 is 17.6 Å². The molecule has 3 heterocycles. The molecule has 0 fully saturated rings. The molecular weight excluding hydrogens is 228 g/mol. The van der Waals surface area contributed by atoms with Gasteiger partial charge in [0.15, 0.2) is 17.8 Å². The number of allylic oxidation sites excluding steroid dienone is 2. The number of rotatable bonds is 2. The number of nitrogens with zero attached hydrogens (tertiary/aromatic N) is 3. The number of amidine groups is 1. The van der Waals surface area contributed by atoms with Crippen LogP contribution in [0.2, 0.25) is 0 Å². The van der Waals surface area contributed by atoms with E-state index in [1.165, 1.54) is 0 Å². The molecule has 0 spiro atoms. The molecule has 0 bridgehead atoms. The molecule has 0 aliphatic carbocycles. The summed E-state index contributed by atoms with van der Waals surface area (Å²) in [5.41, 5.74) is 0.326. The monoisotopic (exact) mass is 238 g/mol. The van der Waals surface area contributed by atoms with Crippen molar-refractivity contribution in [3.8, 4) is 0 Å². The Balaban J connectivity index is 1.90. The molecule has 1 N–H and O–H groups in total. The lowest BCUT2D eigenvalue weighted by atomic mass is 10.3. The third-order valence-electron chi connectivity index (χ3n) is 2.69. The summed E-state index contributed by atoms with van der Waals surface area (Å²) in [7, 11) is 0. The van der Waals surface area contributed by atoms with E-state index in [0.29, 0.717) is 11.5 Å². The van der Waals surface area contributed by atoms with Crippen molar-refractivity contribution in [1.82, 2.24) is 9.88 Å². The smallest absolute Gasteiger partial charge is 0.169 e. The molecule has 3 rings (SSSR count). The zero-order valence-corrected chi connectivity index (χ0v) is 9.45. The molecule has 2 aliphatic heterocycles. The zero-order chi connectivity index (χ0) is 12.4. The van der Waals surface area contributed by atoms with Crippen LogP contribution < -0.4 is 5.32 Å². The molecule has 2 aliphatic rings. The van der Waals surface area contributed by atoms with Crippen LogP contribution in [-0.2, 0) is 4.79 Å². The van der Waals surface area contributed by atoms with Crippen LogP contribution in [0.3, 0.4) is 0 Å². The van der Waals surface area contributed by atoms with Crippen molar-refractivity contribution in [3.63, 3.8) is 0 Å². The number of hydrogen-bond donors (Lipinski definition) is 1. The minimum Gasteiger partial charge on any atom is -0.344 e. The Labute approximate surface area is 104 Å². The number of hydrogen-bond acceptors (Lipinski definition) is 5. The van der Waals surface area contributed by atoms with Crippen LogP contribution in [0, 0.1) is 0 Å². The van der Waals surface area contributed by atoms with E-state index in [-0.39, 0.29) is 6.17 Å². The highest BCUT2D eigenvalue weighted by Gasteiger charge is 2.31. The highest BCUT2D eigenvalue weighted by molar-refractivity contribution is 5.99. The van der Waals surface area contributed by atoms with E-state index >= 15 is 0 Å². The lowest BCUT2D eigenvalue weighted by molar-refractivity contribution is 0.510. The van der Waals surface area contributed by atoms with Crippen LogP contribution in [0.5, 0.6) is 0 Å². The predicted molar refractivity (Wildman–Crippen MR) is 68.4 cm³/mol. The number of pyridine rings is 1. The van der Waals surface area contributed by atoms with Crippen molar-refractivity contribution in [2.24, 2.45) is 4.99 Å². The maximum atomic E-state index is 10.9. The molecule has 5 heteroatoms. The second kappa shape index (κ2) is 4.31. The summed E-state index contributed by atoms with van der Waals surface area (Å²) in [4.78, 5) is 21.2. The van der Waals surface area contributed by atoms with Gasteiger partial charge in [-0.1, -0.05) is 12.1 Å². The minimum atomic E-state index is -0.353. The number of nitrogens with one attached hydrogen (secondary N) is 1. The molecule has 1 aromatic rings. The Kier molecular flexibility index (Phi) is 2.52. The fourth-order valence-electron chi connectivity index (χ4n) is 1.88. The van der Waals surface area contributed by atoms with Gasteiger partial charge in [0.1, 0.15) is 11.7 Å². The SMILES string of the molecule is O=C=C1N=C2C=CC=CN2C1Nc1ccccn1. The number of anilines is 1. The van der Waals surface area contributed by atoms with Gasteiger partial charge in [0, 0.05) is 12.4 Å².